The van der Waals surface area contributed by atoms with Crippen LogP contribution in [0.5, 0.6) is 0 Å². The zero-order chi connectivity index (χ0) is 47.5. The zero-order valence-corrected chi connectivity index (χ0v) is 39.1. The molecule has 3 fully saturated rings. The molecule has 29 nitrogen and oxygen atoms in total. The van der Waals surface area contributed by atoms with Crippen molar-refractivity contribution in [2.45, 2.75) is 87.4 Å². The summed E-state index contributed by atoms with van der Waals surface area (Å²) in [5.41, 5.74) is 7.50. The molecule has 0 amide bonds. The van der Waals surface area contributed by atoms with Crippen LogP contribution in [0, 0.1) is 0 Å². The van der Waals surface area contributed by atoms with E-state index in [1.165, 1.54) is 21.8 Å². The van der Waals surface area contributed by atoms with Gasteiger partial charge in [0.05, 0.1) is 44.2 Å². The van der Waals surface area contributed by atoms with Crippen LogP contribution < -0.4 is 33.8 Å². The number of nitrogens with zero attached hydrogens (tertiary/aromatic N) is 7. The van der Waals surface area contributed by atoms with Crippen molar-refractivity contribution in [3.8, 4) is 0 Å². The van der Waals surface area contributed by atoms with Gasteiger partial charge in [0.25, 0.3) is 16.7 Å². The number of aliphatic hydroxyl groups excluding tert-OH is 1. The van der Waals surface area contributed by atoms with E-state index in [9.17, 15) is 43.5 Å². The van der Waals surface area contributed by atoms with Gasteiger partial charge in [0.15, 0.2) is 28.6 Å². The first-order chi connectivity index (χ1) is 31.0. The Morgan fingerprint density at radius 1 is 0.864 bits per heavy atom. The number of thiol groups is 1. The fraction of sp³-hybridized carbons (Fsp3) is 0.548. The fourth-order valence-electron chi connectivity index (χ4n) is 7.67. The first-order valence-corrected chi connectivity index (χ1v) is 27.4. The number of nitrogen functional groups attached to an aromatic ring is 2. The van der Waals surface area contributed by atoms with E-state index in [1.807, 2.05) is 0 Å². The van der Waals surface area contributed by atoms with Crippen molar-refractivity contribution in [2.75, 3.05) is 31.3 Å². The average Bonchev–Trinajstić information content (AvgIpc) is 4.06. The van der Waals surface area contributed by atoms with Crippen LogP contribution in [0.3, 0.4) is 0 Å². The number of fused-ring (bicyclic) bond motifs is 2. The SMILES string of the molecule is CC[C@@]1(COP(O)(=S)O[C@H]2C[C@H](n3cnc4c(=O)[nH]c(N)nc43)O[C@@H]2COP(=O)(S)O[C@H]2C[C@H](n3ccc(=O)[nH]c3=O)O[C@@H]2COP(O)(O)=S)C[C@@H](O)[C@H](n2cnc3c(=O)[nH]c(N)nc32)O1. The lowest BCUT2D eigenvalue weighted by atomic mass is 9.97. The Kier molecular flexibility index (Phi) is 13.8. The second kappa shape index (κ2) is 18.7. The molecule has 360 valence electrons. The Morgan fingerprint density at radius 2 is 1.42 bits per heavy atom. The van der Waals surface area contributed by atoms with Gasteiger partial charge in [0.2, 0.25) is 11.9 Å². The van der Waals surface area contributed by atoms with Crippen LogP contribution in [0.25, 0.3) is 22.3 Å². The number of hydrogen-bond donors (Lipinski definition) is 10. The molecule has 8 rings (SSSR count). The van der Waals surface area contributed by atoms with Crippen LogP contribution in [0.15, 0.2) is 44.1 Å². The number of anilines is 2. The van der Waals surface area contributed by atoms with Gasteiger partial charge in [-0.15, -0.1) is 0 Å². The van der Waals surface area contributed by atoms with Crippen LogP contribution in [0.4, 0.5) is 11.9 Å². The summed E-state index contributed by atoms with van der Waals surface area (Å²) in [6.45, 7) is -12.9. The summed E-state index contributed by atoms with van der Waals surface area (Å²) >= 11 is 14.2. The van der Waals surface area contributed by atoms with Crippen molar-refractivity contribution >= 4 is 90.3 Å². The summed E-state index contributed by atoms with van der Waals surface area (Å²) in [7, 11) is 0. The van der Waals surface area contributed by atoms with E-state index in [0.717, 1.165) is 16.8 Å². The number of nitrogens with two attached hydrogens (primary N) is 2. The van der Waals surface area contributed by atoms with Gasteiger partial charge in [-0.25, -0.2) is 19.3 Å². The second-order valence-corrected chi connectivity index (χ2v) is 23.5. The maximum Gasteiger partial charge on any atom is 0.386 e. The van der Waals surface area contributed by atoms with E-state index in [4.69, 9.17) is 60.1 Å². The van der Waals surface area contributed by atoms with E-state index in [-0.39, 0.29) is 59.9 Å². The highest BCUT2D eigenvalue weighted by molar-refractivity contribution is 8.44. The molecule has 8 heterocycles. The molecule has 5 aromatic heterocycles. The normalized spacial score (nSPS) is 28.9. The van der Waals surface area contributed by atoms with Crippen LogP contribution >= 0.6 is 32.5 Å². The van der Waals surface area contributed by atoms with Gasteiger partial charge < -0.3 is 59.0 Å². The van der Waals surface area contributed by atoms with Crippen molar-refractivity contribution in [3.63, 3.8) is 0 Å². The Balaban J connectivity index is 0.992. The minimum Gasteiger partial charge on any atom is -0.388 e. The van der Waals surface area contributed by atoms with Crippen LogP contribution in [0.1, 0.15) is 51.3 Å². The minimum absolute atomic E-state index is 0.0236. The Labute approximate surface area is 383 Å². The number of imidazole rings is 2. The predicted octanol–water partition coefficient (Wildman–Crippen LogP) is -0.745. The molecule has 11 atom stereocenters. The number of hydrogen-bond acceptors (Lipinski definition) is 22. The number of aliphatic hydroxyl groups is 1. The molecule has 66 heavy (non-hydrogen) atoms. The smallest absolute Gasteiger partial charge is 0.386 e. The highest BCUT2D eigenvalue weighted by Crippen LogP contribution is 2.57. The number of aromatic nitrogens is 10. The van der Waals surface area contributed by atoms with E-state index in [0.29, 0.717) is 0 Å². The summed E-state index contributed by atoms with van der Waals surface area (Å²) in [6.07, 6.45) is -5.85. The molecular weight excluding hydrogens is 1000 g/mol. The van der Waals surface area contributed by atoms with Gasteiger partial charge in [-0.05, 0) is 30.0 Å². The quantitative estimate of drug-likeness (QED) is 0.0405. The first kappa shape index (κ1) is 48.8. The number of H-pyrrole nitrogens is 3. The monoisotopic (exact) mass is 1040 g/mol. The third kappa shape index (κ3) is 10.7. The van der Waals surface area contributed by atoms with Crippen LogP contribution in [-0.4, -0.2) is 124 Å². The molecule has 0 radical (unpaired) electrons. The summed E-state index contributed by atoms with van der Waals surface area (Å²) in [5.74, 6) is -0.405. The van der Waals surface area contributed by atoms with Crippen molar-refractivity contribution in [1.82, 2.24) is 48.6 Å². The maximum absolute atomic E-state index is 13.9. The third-order valence-electron chi connectivity index (χ3n) is 10.8. The Bertz CT molecular complexity index is 3040. The third-order valence-corrected chi connectivity index (χ3v) is 14.8. The van der Waals surface area contributed by atoms with E-state index >= 15 is 0 Å². The van der Waals surface area contributed by atoms with Gasteiger partial charge in [-0.2, -0.15) is 9.97 Å². The van der Waals surface area contributed by atoms with E-state index < -0.39 is 117 Å². The van der Waals surface area contributed by atoms with Crippen molar-refractivity contribution in [3.05, 3.63) is 66.5 Å². The topological polar surface area (TPSA) is 406 Å². The average molecular weight is 1040 g/mol. The van der Waals surface area contributed by atoms with Gasteiger partial charge in [-0.1, -0.05) is 19.2 Å². The molecule has 11 N–H and O–H groups in total. The predicted molar refractivity (Wildman–Crippen MR) is 237 cm³/mol. The lowest BCUT2D eigenvalue weighted by Crippen LogP contribution is -2.34. The lowest BCUT2D eigenvalue weighted by molar-refractivity contribution is -0.107. The highest BCUT2D eigenvalue weighted by atomic mass is 32.7. The van der Waals surface area contributed by atoms with Crippen molar-refractivity contribution in [1.29, 1.82) is 0 Å². The molecule has 0 aliphatic carbocycles. The first-order valence-electron chi connectivity index (χ1n) is 19.5. The van der Waals surface area contributed by atoms with Gasteiger partial charge in [0.1, 0.15) is 36.9 Å². The van der Waals surface area contributed by atoms with Crippen LogP contribution in [0.2, 0.25) is 0 Å². The summed E-state index contributed by atoms with van der Waals surface area (Å²) in [6, 6.07) is 1.06. The summed E-state index contributed by atoms with van der Waals surface area (Å²) in [4.78, 5) is 103. The molecule has 3 aliphatic heterocycles. The highest BCUT2D eigenvalue weighted by Gasteiger charge is 2.49. The molecule has 0 saturated carbocycles. The summed E-state index contributed by atoms with van der Waals surface area (Å²) < 4.78 is 64.3. The minimum atomic E-state index is -4.48. The second-order valence-electron chi connectivity index (χ2n) is 15.2. The van der Waals surface area contributed by atoms with Gasteiger partial charge >= 0.3 is 25.9 Å². The molecule has 0 aromatic carbocycles. The Morgan fingerprint density at radius 3 is 2.02 bits per heavy atom. The fourth-order valence-corrected chi connectivity index (χ4v) is 11.2. The molecule has 0 spiro atoms. The Hall–Kier alpha value is -3.62. The molecule has 2 unspecified atom stereocenters. The molecule has 3 saturated heterocycles. The molecule has 5 aromatic rings. The molecule has 3 aliphatic rings. The van der Waals surface area contributed by atoms with E-state index in [2.05, 4.69) is 58.9 Å². The van der Waals surface area contributed by atoms with Crippen molar-refractivity contribution in [2.24, 2.45) is 0 Å². The largest absolute Gasteiger partial charge is 0.388 e. The maximum atomic E-state index is 13.9. The summed E-state index contributed by atoms with van der Waals surface area (Å²) in [5, 5.41) is 11.2. The lowest BCUT2D eigenvalue weighted by Gasteiger charge is -2.30. The number of ether oxygens (including phenoxy) is 3. The molecular formula is C31H41N12O17P3S3. The van der Waals surface area contributed by atoms with E-state index in [1.54, 1.807) is 6.92 Å². The standard InChI is InChI=1S/C31H41N12O17P3S3/c1-2-31(7-13(44)27(58-31)43-12-35-22-24(43)38-29(33)40-26(22)47)10-55-63(52,66)60-15-6-20(42-11-34-21-23(42)37-28(32)39-25(21)46)57-17(15)9-54-62(51,65)59-14-5-19(41-4-3-18(45)36-30(41)48)56-16(14)8-53-61(49,50)64/h3-4,11-17,19-20,27,44H,2,5-10H2,1H3,(H,51,65)(H,52,66)(H,36,45,48)(H2,49,50,64)(H3,32,37,39,46)(H3,33,38,40,47)/t13-,14+,15+,16-,17-,19-,20-,27-,31+,62?,63?/m1/s1. The number of rotatable bonds is 17. The van der Waals surface area contributed by atoms with Gasteiger partial charge in [-0.3, -0.25) is 52.1 Å². The van der Waals surface area contributed by atoms with Crippen molar-refractivity contribution < 1.29 is 61.2 Å². The number of aromatic amines is 3. The molecule has 0 bridgehead atoms. The number of nitrogens with one attached hydrogen (secondary N) is 3. The van der Waals surface area contributed by atoms with Gasteiger partial charge in [0, 0.05) is 31.5 Å². The molecule has 35 heteroatoms. The van der Waals surface area contributed by atoms with Crippen LogP contribution in [-0.2, 0) is 65.0 Å². The zero-order valence-electron chi connectivity index (χ0n) is 33.9.